The highest BCUT2D eigenvalue weighted by molar-refractivity contribution is 7.91. The van der Waals surface area contributed by atoms with Crippen molar-refractivity contribution in [2.24, 2.45) is 0 Å². The molecule has 4 heterocycles. The van der Waals surface area contributed by atoms with E-state index in [2.05, 4.69) is 29.5 Å². The fraction of sp³-hybridized carbons (Fsp3) is 0.562. The Kier molecular flexibility index (Phi) is 5.53. The Morgan fingerprint density at radius 3 is 2.33 bits per heavy atom. The Bertz CT molecular complexity index is 862. The van der Waals surface area contributed by atoms with Crippen molar-refractivity contribution in [2.45, 2.75) is 23.6 Å². The molecule has 2 aliphatic rings. The summed E-state index contributed by atoms with van der Waals surface area (Å²) in [5.41, 5.74) is 0. The quantitative estimate of drug-likeness (QED) is 0.748. The van der Waals surface area contributed by atoms with Gasteiger partial charge in [-0.1, -0.05) is 6.07 Å². The molecule has 2 aromatic rings. The second kappa shape index (κ2) is 8.05. The Hall–Kier alpha value is -1.82. The number of nitrogens with one attached hydrogen (secondary N) is 1. The van der Waals surface area contributed by atoms with Crippen molar-refractivity contribution < 1.29 is 13.2 Å². The Morgan fingerprint density at radius 1 is 1.04 bits per heavy atom. The summed E-state index contributed by atoms with van der Waals surface area (Å²) in [7, 11) is -3.56. The first-order valence-electron chi connectivity index (χ1n) is 8.97. The van der Waals surface area contributed by atoms with E-state index in [9.17, 15) is 8.42 Å². The number of sulfonamides is 1. The van der Waals surface area contributed by atoms with Gasteiger partial charge in [-0.15, -0.1) is 11.3 Å². The second-order valence-corrected chi connectivity index (χ2v) is 9.34. The standard InChI is InChI=1S/C16H22N6O3S2/c23-27(24,14-4-3-11-26-14)17-12-13-18-15(21-5-1-2-6-21)20-16(19-13)22-7-9-25-10-8-22/h3-4,11,17H,1-2,5-10,12H2. The topological polar surface area (TPSA) is 101 Å². The van der Waals surface area contributed by atoms with Crippen molar-refractivity contribution in [3.63, 3.8) is 0 Å². The van der Waals surface area contributed by atoms with E-state index in [1.165, 1.54) is 11.3 Å². The maximum absolute atomic E-state index is 12.4. The molecule has 0 bridgehead atoms. The lowest BCUT2D eigenvalue weighted by atomic mass is 10.4. The van der Waals surface area contributed by atoms with Gasteiger partial charge in [-0.2, -0.15) is 15.0 Å². The van der Waals surface area contributed by atoms with Crippen LogP contribution in [0.3, 0.4) is 0 Å². The molecule has 9 nitrogen and oxygen atoms in total. The van der Waals surface area contributed by atoms with Gasteiger partial charge < -0.3 is 14.5 Å². The lowest BCUT2D eigenvalue weighted by Crippen LogP contribution is -2.38. The molecule has 0 atom stereocenters. The summed E-state index contributed by atoms with van der Waals surface area (Å²) in [6.45, 7) is 4.53. The highest BCUT2D eigenvalue weighted by Gasteiger charge is 2.22. The van der Waals surface area contributed by atoms with Crippen LogP contribution >= 0.6 is 11.3 Å². The van der Waals surface area contributed by atoms with Crippen LogP contribution in [0.1, 0.15) is 18.7 Å². The van der Waals surface area contributed by atoms with Crippen LogP contribution in [-0.4, -0.2) is 62.8 Å². The molecule has 2 saturated heterocycles. The van der Waals surface area contributed by atoms with Gasteiger partial charge in [0.2, 0.25) is 21.9 Å². The fourth-order valence-corrected chi connectivity index (χ4v) is 5.10. The predicted octanol–water partition coefficient (Wildman–Crippen LogP) is 0.848. The lowest BCUT2D eigenvalue weighted by molar-refractivity contribution is 0.122. The number of hydrogen-bond donors (Lipinski definition) is 1. The van der Waals surface area contributed by atoms with Crippen LogP contribution in [0, 0.1) is 0 Å². The molecular formula is C16H22N6O3S2. The SMILES string of the molecule is O=S(=O)(NCc1nc(N2CCCC2)nc(N2CCOCC2)n1)c1cccs1. The number of hydrogen-bond acceptors (Lipinski definition) is 9. The molecule has 4 rings (SSSR count). The highest BCUT2D eigenvalue weighted by Crippen LogP contribution is 2.20. The van der Waals surface area contributed by atoms with Crippen molar-refractivity contribution >= 4 is 33.3 Å². The van der Waals surface area contributed by atoms with E-state index in [0.29, 0.717) is 44.0 Å². The maximum Gasteiger partial charge on any atom is 0.250 e. The number of morpholine rings is 1. The number of rotatable bonds is 6. The van der Waals surface area contributed by atoms with Crippen LogP contribution in [0.15, 0.2) is 21.7 Å². The molecular weight excluding hydrogens is 388 g/mol. The van der Waals surface area contributed by atoms with Gasteiger partial charge in [-0.05, 0) is 24.3 Å². The zero-order chi connectivity index (χ0) is 18.7. The van der Waals surface area contributed by atoms with Gasteiger partial charge in [0.25, 0.3) is 0 Å². The summed E-state index contributed by atoms with van der Waals surface area (Å²) in [5, 5.41) is 1.74. The molecule has 0 amide bonds. The average Bonchev–Trinajstić information content (AvgIpc) is 3.41. The number of ether oxygens (including phenoxy) is 1. The van der Waals surface area contributed by atoms with Crippen LogP contribution in [-0.2, 0) is 21.3 Å². The third kappa shape index (κ3) is 4.37. The molecule has 0 radical (unpaired) electrons. The van der Waals surface area contributed by atoms with Crippen LogP contribution in [0.5, 0.6) is 0 Å². The Balaban J connectivity index is 1.57. The molecule has 2 fully saturated rings. The first-order chi connectivity index (χ1) is 13.1. The summed E-state index contributed by atoms with van der Waals surface area (Å²) in [4.78, 5) is 17.8. The van der Waals surface area contributed by atoms with Gasteiger partial charge in [0.15, 0.2) is 5.82 Å². The first kappa shape index (κ1) is 18.5. The second-order valence-electron chi connectivity index (χ2n) is 6.40. The Morgan fingerprint density at radius 2 is 1.70 bits per heavy atom. The zero-order valence-electron chi connectivity index (χ0n) is 14.9. The molecule has 11 heteroatoms. The summed E-state index contributed by atoms with van der Waals surface area (Å²) >= 11 is 1.18. The van der Waals surface area contributed by atoms with E-state index < -0.39 is 10.0 Å². The zero-order valence-corrected chi connectivity index (χ0v) is 16.5. The van der Waals surface area contributed by atoms with Crippen LogP contribution in [0.2, 0.25) is 0 Å². The molecule has 0 spiro atoms. The van der Waals surface area contributed by atoms with Crippen molar-refractivity contribution in [1.29, 1.82) is 0 Å². The van der Waals surface area contributed by atoms with Gasteiger partial charge >= 0.3 is 0 Å². The first-order valence-corrected chi connectivity index (χ1v) is 11.3. The molecule has 0 aliphatic carbocycles. The summed E-state index contributed by atoms with van der Waals surface area (Å²) < 4.78 is 33.0. The van der Waals surface area contributed by atoms with Gasteiger partial charge in [-0.3, -0.25) is 0 Å². The molecule has 0 aromatic carbocycles. The van der Waals surface area contributed by atoms with Gasteiger partial charge in [-0.25, -0.2) is 13.1 Å². The monoisotopic (exact) mass is 410 g/mol. The maximum atomic E-state index is 12.4. The van der Waals surface area contributed by atoms with Crippen LogP contribution in [0.4, 0.5) is 11.9 Å². The average molecular weight is 411 g/mol. The van der Waals surface area contributed by atoms with Crippen molar-refractivity contribution in [1.82, 2.24) is 19.7 Å². The predicted molar refractivity (Wildman–Crippen MR) is 103 cm³/mol. The number of anilines is 2. The molecule has 2 aliphatic heterocycles. The largest absolute Gasteiger partial charge is 0.378 e. The number of nitrogens with zero attached hydrogens (tertiary/aromatic N) is 5. The van der Waals surface area contributed by atoms with Gasteiger partial charge in [0, 0.05) is 26.2 Å². The van der Waals surface area contributed by atoms with E-state index >= 15 is 0 Å². The van der Waals surface area contributed by atoms with Crippen molar-refractivity contribution in [3.05, 3.63) is 23.3 Å². The minimum absolute atomic E-state index is 0.0287. The summed E-state index contributed by atoms with van der Waals surface area (Å²) in [6.07, 6.45) is 2.22. The van der Waals surface area contributed by atoms with E-state index in [0.717, 1.165) is 25.9 Å². The Labute approximate surface area is 162 Å². The van der Waals surface area contributed by atoms with Crippen molar-refractivity contribution in [2.75, 3.05) is 49.2 Å². The van der Waals surface area contributed by atoms with E-state index in [-0.39, 0.29) is 10.8 Å². The summed E-state index contributed by atoms with van der Waals surface area (Å²) in [6, 6.07) is 3.29. The smallest absolute Gasteiger partial charge is 0.250 e. The fourth-order valence-electron chi connectivity index (χ4n) is 3.08. The van der Waals surface area contributed by atoms with Gasteiger partial charge in [0.1, 0.15) is 4.21 Å². The lowest BCUT2D eigenvalue weighted by Gasteiger charge is -2.28. The van der Waals surface area contributed by atoms with E-state index in [4.69, 9.17) is 4.74 Å². The minimum atomic E-state index is -3.56. The number of aromatic nitrogens is 3. The van der Waals surface area contributed by atoms with Crippen molar-refractivity contribution in [3.8, 4) is 0 Å². The van der Waals surface area contributed by atoms with Crippen LogP contribution < -0.4 is 14.5 Å². The normalized spacial score (nSPS) is 18.2. The van der Waals surface area contributed by atoms with E-state index in [1.807, 2.05) is 0 Å². The third-order valence-corrected chi connectivity index (χ3v) is 7.32. The summed E-state index contributed by atoms with van der Waals surface area (Å²) in [5.74, 6) is 1.63. The molecule has 0 saturated carbocycles. The highest BCUT2D eigenvalue weighted by atomic mass is 32.2. The number of thiophene rings is 1. The van der Waals surface area contributed by atoms with E-state index in [1.54, 1.807) is 17.5 Å². The molecule has 0 unspecified atom stereocenters. The van der Waals surface area contributed by atoms with Gasteiger partial charge in [0.05, 0.1) is 19.8 Å². The minimum Gasteiger partial charge on any atom is -0.378 e. The molecule has 1 N–H and O–H groups in total. The molecule has 27 heavy (non-hydrogen) atoms. The van der Waals surface area contributed by atoms with Crippen LogP contribution in [0.25, 0.3) is 0 Å². The third-order valence-electron chi connectivity index (χ3n) is 4.52. The molecule has 2 aromatic heterocycles. The molecule has 146 valence electrons.